The van der Waals surface area contributed by atoms with E-state index in [1.807, 2.05) is 12.1 Å². The number of carbonyl (C=O) groups is 3. The van der Waals surface area contributed by atoms with Gasteiger partial charge in [-0.05, 0) is 81.8 Å². The molecule has 0 atom stereocenters. The second-order valence-corrected chi connectivity index (χ2v) is 9.74. The van der Waals surface area contributed by atoms with Crippen LogP contribution < -0.4 is 20.3 Å². The molecular formula is C29H36FN3O5. The third-order valence-electron chi connectivity index (χ3n) is 7.08. The fraction of sp³-hybridized carbons (Fsp3) is 0.483. The van der Waals surface area contributed by atoms with E-state index < -0.39 is 11.7 Å². The van der Waals surface area contributed by atoms with Gasteiger partial charge in [-0.3, -0.25) is 14.4 Å². The molecule has 2 fully saturated rings. The fourth-order valence-electron chi connectivity index (χ4n) is 4.97. The lowest BCUT2D eigenvalue weighted by Gasteiger charge is -2.27. The normalized spacial score (nSPS) is 19.1. The highest BCUT2D eigenvalue weighted by Crippen LogP contribution is 2.29. The van der Waals surface area contributed by atoms with E-state index in [9.17, 15) is 18.8 Å². The Bertz CT molecular complexity index is 1110. The lowest BCUT2D eigenvalue weighted by atomic mass is 9.87. The van der Waals surface area contributed by atoms with Gasteiger partial charge < -0.3 is 25.0 Å². The second-order valence-electron chi connectivity index (χ2n) is 9.74. The minimum atomic E-state index is -0.678. The molecule has 0 aromatic heterocycles. The van der Waals surface area contributed by atoms with E-state index in [1.54, 1.807) is 25.1 Å². The first-order valence-corrected chi connectivity index (χ1v) is 13.5. The molecule has 1 saturated heterocycles. The minimum Gasteiger partial charge on any atom is -0.490 e. The van der Waals surface area contributed by atoms with Crippen molar-refractivity contribution in [2.24, 2.45) is 5.92 Å². The molecule has 4 rings (SSSR count). The highest BCUT2D eigenvalue weighted by atomic mass is 19.1. The molecule has 0 bridgehead atoms. The number of esters is 1. The highest BCUT2D eigenvalue weighted by molar-refractivity contribution is 5.95. The number of carbonyl (C=O) groups excluding carboxylic acids is 3. The standard InChI is InChI=1S/C29H36FN3O5/c1-2-37-29(36)21-7-11-23(12-8-21)38-24-13-14-25(26(30)19-24)28(35)32-16-15-31-27(34)20-5-9-22(10-6-20)33-17-3-4-18-33/h5-6,9-10,13-14,19,21,23H,2-4,7-8,11-12,15-18H2,1H3,(H,31,34)(H,32,35)/t21-,23+. The summed E-state index contributed by atoms with van der Waals surface area (Å²) in [6, 6.07) is 11.7. The van der Waals surface area contributed by atoms with Crippen LogP contribution in [0.3, 0.4) is 0 Å². The molecule has 2 N–H and O–H groups in total. The number of rotatable bonds is 10. The third-order valence-corrected chi connectivity index (χ3v) is 7.08. The maximum absolute atomic E-state index is 14.6. The first kappa shape index (κ1) is 27.4. The smallest absolute Gasteiger partial charge is 0.308 e. The molecule has 9 heteroatoms. The summed E-state index contributed by atoms with van der Waals surface area (Å²) in [4.78, 5) is 39.0. The second kappa shape index (κ2) is 13.3. The van der Waals surface area contributed by atoms with Gasteiger partial charge in [-0.25, -0.2) is 4.39 Å². The Morgan fingerprint density at radius 3 is 2.21 bits per heavy atom. The lowest BCUT2D eigenvalue weighted by molar-refractivity contribution is -0.149. The van der Waals surface area contributed by atoms with Gasteiger partial charge in [0.1, 0.15) is 11.6 Å². The molecule has 2 aliphatic rings. The van der Waals surface area contributed by atoms with Crippen molar-refractivity contribution in [1.29, 1.82) is 0 Å². The summed E-state index contributed by atoms with van der Waals surface area (Å²) in [6.45, 7) is 4.63. The molecule has 1 saturated carbocycles. The predicted molar refractivity (Wildman–Crippen MR) is 142 cm³/mol. The monoisotopic (exact) mass is 525 g/mol. The number of amides is 2. The van der Waals surface area contributed by atoms with Crippen molar-refractivity contribution in [2.45, 2.75) is 51.6 Å². The summed E-state index contributed by atoms with van der Waals surface area (Å²) in [5.41, 5.74) is 1.58. The van der Waals surface area contributed by atoms with Crippen LogP contribution in [0.4, 0.5) is 10.1 Å². The summed E-state index contributed by atoms with van der Waals surface area (Å²) in [6.07, 6.45) is 4.98. The number of ether oxygens (including phenoxy) is 2. The Morgan fingerprint density at radius 2 is 1.58 bits per heavy atom. The zero-order valence-corrected chi connectivity index (χ0v) is 21.8. The van der Waals surface area contributed by atoms with Gasteiger partial charge in [0.15, 0.2) is 0 Å². The van der Waals surface area contributed by atoms with Gasteiger partial charge in [0.25, 0.3) is 11.8 Å². The zero-order chi connectivity index (χ0) is 26.9. The Labute approximate surface area is 222 Å². The van der Waals surface area contributed by atoms with Crippen LogP contribution in [0.1, 0.15) is 66.2 Å². The van der Waals surface area contributed by atoms with Gasteiger partial charge in [-0.1, -0.05) is 0 Å². The molecule has 1 aliphatic heterocycles. The lowest BCUT2D eigenvalue weighted by Crippen LogP contribution is -2.35. The largest absolute Gasteiger partial charge is 0.490 e. The van der Waals surface area contributed by atoms with E-state index in [2.05, 4.69) is 15.5 Å². The topological polar surface area (TPSA) is 97.0 Å². The van der Waals surface area contributed by atoms with Crippen LogP contribution in [0.5, 0.6) is 5.75 Å². The van der Waals surface area contributed by atoms with Gasteiger partial charge in [0, 0.05) is 43.5 Å². The highest BCUT2D eigenvalue weighted by Gasteiger charge is 2.28. The maximum Gasteiger partial charge on any atom is 0.308 e. The number of hydrogen-bond donors (Lipinski definition) is 2. The quantitative estimate of drug-likeness (QED) is 0.358. The Hall–Kier alpha value is -3.62. The molecule has 2 aromatic carbocycles. The van der Waals surface area contributed by atoms with Crippen LogP contribution in [-0.2, 0) is 9.53 Å². The van der Waals surface area contributed by atoms with E-state index in [-0.39, 0.29) is 42.6 Å². The summed E-state index contributed by atoms with van der Waals surface area (Å²) >= 11 is 0. The minimum absolute atomic E-state index is 0.0906. The maximum atomic E-state index is 14.6. The van der Waals surface area contributed by atoms with Crippen molar-refractivity contribution in [2.75, 3.05) is 37.7 Å². The van der Waals surface area contributed by atoms with Crippen LogP contribution in [-0.4, -0.2) is 56.7 Å². The van der Waals surface area contributed by atoms with Gasteiger partial charge in [0.2, 0.25) is 0 Å². The van der Waals surface area contributed by atoms with E-state index >= 15 is 0 Å². The molecule has 0 spiro atoms. The van der Waals surface area contributed by atoms with Crippen molar-refractivity contribution in [3.05, 3.63) is 59.4 Å². The van der Waals surface area contributed by atoms with Crippen LogP contribution in [0.25, 0.3) is 0 Å². The van der Waals surface area contributed by atoms with Gasteiger partial charge in [0.05, 0.1) is 24.2 Å². The first-order valence-electron chi connectivity index (χ1n) is 13.5. The van der Waals surface area contributed by atoms with Crippen LogP contribution in [0, 0.1) is 11.7 Å². The van der Waals surface area contributed by atoms with E-state index in [0.717, 1.165) is 18.8 Å². The number of anilines is 1. The zero-order valence-electron chi connectivity index (χ0n) is 21.8. The molecule has 1 aliphatic carbocycles. The van der Waals surface area contributed by atoms with E-state index in [1.165, 1.54) is 25.0 Å². The average molecular weight is 526 g/mol. The Morgan fingerprint density at radius 1 is 0.921 bits per heavy atom. The Kier molecular flexibility index (Phi) is 9.56. The summed E-state index contributed by atoms with van der Waals surface area (Å²) in [7, 11) is 0. The average Bonchev–Trinajstić information content (AvgIpc) is 3.47. The number of nitrogens with zero attached hydrogens (tertiary/aromatic N) is 1. The molecule has 0 radical (unpaired) electrons. The van der Waals surface area contributed by atoms with Gasteiger partial charge in [-0.2, -0.15) is 0 Å². The SMILES string of the molecule is CCOC(=O)[C@H]1CC[C@@H](Oc2ccc(C(=O)NCCNC(=O)c3ccc(N4CCCC4)cc3)c(F)c2)CC1. The molecule has 2 amide bonds. The number of halogens is 1. The van der Waals surface area contributed by atoms with Crippen molar-refractivity contribution >= 4 is 23.5 Å². The van der Waals surface area contributed by atoms with Crippen LogP contribution in [0.2, 0.25) is 0 Å². The Balaban J connectivity index is 1.18. The van der Waals surface area contributed by atoms with Crippen LogP contribution >= 0.6 is 0 Å². The van der Waals surface area contributed by atoms with E-state index in [0.29, 0.717) is 43.6 Å². The van der Waals surface area contributed by atoms with Gasteiger partial charge >= 0.3 is 5.97 Å². The molecule has 38 heavy (non-hydrogen) atoms. The number of nitrogens with one attached hydrogen (secondary N) is 2. The third kappa shape index (κ3) is 7.24. The molecule has 2 aromatic rings. The molecular weight excluding hydrogens is 489 g/mol. The van der Waals surface area contributed by atoms with Gasteiger partial charge in [-0.15, -0.1) is 0 Å². The molecule has 204 valence electrons. The van der Waals surface area contributed by atoms with Crippen molar-refractivity contribution in [3.63, 3.8) is 0 Å². The molecule has 8 nitrogen and oxygen atoms in total. The van der Waals surface area contributed by atoms with Crippen molar-refractivity contribution in [1.82, 2.24) is 10.6 Å². The fourth-order valence-corrected chi connectivity index (χ4v) is 4.97. The predicted octanol–water partition coefficient (Wildman–Crippen LogP) is 4.09. The van der Waals surface area contributed by atoms with Crippen LogP contribution in [0.15, 0.2) is 42.5 Å². The number of hydrogen-bond acceptors (Lipinski definition) is 6. The molecule has 1 heterocycles. The number of benzene rings is 2. The first-order chi connectivity index (χ1) is 18.4. The molecule has 0 unspecified atom stereocenters. The summed E-state index contributed by atoms with van der Waals surface area (Å²) in [5, 5.41) is 5.41. The van der Waals surface area contributed by atoms with Crippen molar-refractivity contribution in [3.8, 4) is 5.75 Å². The summed E-state index contributed by atoms with van der Waals surface area (Å²) < 4.78 is 25.6. The summed E-state index contributed by atoms with van der Waals surface area (Å²) in [5.74, 6) is -1.39. The van der Waals surface area contributed by atoms with Crippen molar-refractivity contribution < 1.29 is 28.2 Å². The van der Waals surface area contributed by atoms with E-state index in [4.69, 9.17) is 9.47 Å².